The Labute approximate surface area is 145 Å². The van der Waals surface area contributed by atoms with Crippen LogP contribution in [-0.2, 0) is 27.8 Å². The number of carbonyl (C=O) groups is 2. The fourth-order valence-electron chi connectivity index (χ4n) is 3.33. The second-order valence-corrected chi connectivity index (χ2v) is 8.11. The molecule has 1 fully saturated rings. The standard InChI is InChI=1S/C18H16N2O4S/c1-12-6-8-15(9-7-12)25(23,24)20-17(21)16-10-13-4-2-3-5-14(13)11-19(16)18(20)22/h2-9,16H,10-11H2,1H3/t16-/m0/s1. The third-order valence-corrected chi connectivity index (χ3v) is 6.40. The topological polar surface area (TPSA) is 74.8 Å². The van der Waals surface area contributed by atoms with E-state index >= 15 is 0 Å². The van der Waals surface area contributed by atoms with Crippen LogP contribution in [-0.4, -0.2) is 35.6 Å². The summed E-state index contributed by atoms with van der Waals surface area (Å²) in [4.78, 5) is 26.7. The van der Waals surface area contributed by atoms with Crippen molar-refractivity contribution < 1.29 is 18.0 Å². The van der Waals surface area contributed by atoms with E-state index in [9.17, 15) is 18.0 Å². The molecule has 1 atom stereocenters. The number of fused-ring (bicyclic) bond motifs is 2. The van der Waals surface area contributed by atoms with E-state index in [0.29, 0.717) is 10.7 Å². The van der Waals surface area contributed by atoms with E-state index in [2.05, 4.69) is 0 Å². The molecule has 0 aliphatic carbocycles. The number of benzene rings is 2. The molecule has 0 bridgehead atoms. The van der Waals surface area contributed by atoms with E-state index in [1.54, 1.807) is 12.1 Å². The fourth-order valence-corrected chi connectivity index (χ4v) is 4.69. The minimum atomic E-state index is -4.21. The minimum absolute atomic E-state index is 0.0582. The normalized spacial score (nSPS) is 19.8. The monoisotopic (exact) mass is 356 g/mol. The van der Waals surface area contributed by atoms with Gasteiger partial charge in [0, 0.05) is 13.0 Å². The van der Waals surface area contributed by atoms with Crippen molar-refractivity contribution in [3.63, 3.8) is 0 Å². The van der Waals surface area contributed by atoms with Gasteiger partial charge in [-0.25, -0.2) is 13.2 Å². The van der Waals surface area contributed by atoms with Crippen LogP contribution >= 0.6 is 0 Å². The number of sulfonamides is 1. The first kappa shape index (κ1) is 15.8. The lowest BCUT2D eigenvalue weighted by Crippen LogP contribution is -2.40. The van der Waals surface area contributed by atoms with Crippen molar-refractivity contribution in [3.8, 4) is 0 Å². The first-order valence-corrected chi connectivity index (χ1v) is 9.37. The predicted octanol–water partition coefficient (Wildman–Crippen LogP) is 2.07. The summed E-state index contributed by atoms with van der Waals surface area (Å²) >= 11 is 0. The Hall–Kier alpha value is -2.67. The van der Waals surface area contributed by atoms with Crippen molar-refractivity contribution >= 4 is 22.0 Å². The number of imide groups is 1. The largest absolute Gasteiger partial charge is 0.342 e. The molecule has 2 heterocycles. The first-order chi connectivity index (χ1) is 11.9. The van der Waals surface area contributed by atoms with Crippen LogP contribution in [0, 0.1) is 6.92 Å². The Morgan fingerprint density at radius 2 is 1.60 bits per heavy atom. The highest BCUT2D eigenvalue weighted by atomic mass is 32.2. The molecular weight excluding hydrogens is 340 g/mol. The van der Waals surface area contributed by atoms with E-state index in [1.165, 1.54) is 17.0 Å². The average molecular weight is 356 g/mol. The van der Waals surface area contributed by atoms with E-state index < -0.39 is 28.0 Å². The molecule has 0 aromatic heterocycles. The molecule has 7 heteroatoms. The molecule has 0 saturated carbocycles. The lowest BCUT2D eigenvalue weighted by molar-refractivity contribution is -0.125. The Kier molecular flexibility index (Phi) is 3.43. The third-order valence-electron chi connectivity index (χ3n) is 4.71. The smallest absolute Gasteiger partial charge is 0.307 e. The van der Waals surface area contributed by atoms with Gasteiger partial charge in [-0.2, -0.15) is 0 Å². The molecule has 25 heavy (non-hydrogen) atoms. The van der Waals surface area contributed by atoms with E-state index in [-0.39, 0.29) is 11.4 Å². The fraction of sp³-hybridized carbons (Fsp3) is 0.222. The third kappa shape index (κ3) is 2.34. The van der Waals surface area contributed by atoms with Crippen LogP contribution in [0.1, 0.15) is 16.7 Å². The zero-order valence-electron chi connectivity index (χ0n) is 13.5. The SMILES string of the molecule is Cc1ccc(S(=O)(=O)N2C(=O)[C@@H]3Cc4ccccc4CN3C2=O)cc1. The van der Waals surface area contributed by atoms with Crippen LogP contribution < -0.4 is 0 Å². The van der Waals surface area contributed by atoms with Gasteiger partial charge in [-0.15, -0.1) is 4.31 Å². The van der Waals surface area contributed by atoms with Crippen LogP contribution in [0.3, 0.4) is 0 Å². The molecule has 0 unspecified atom stereocenters. The van der Waals surface area contributed by atoms with Gasteiger partial charge >= 0.3 is 6.03 Å². The average Bonchev–Trinajstić information content (AvgIpc) is 2.84. The summed E-state index contributed by atoms with van der Waals surface area (Å²) in [5.74, 6) is -0.680. The molecule has 2 aromatic rings. The molecule has 2 aromatic carbocycles. The summed E-state index contributed by atoms with van der Waals surface area (Å²) in [6.07, 6.45) is 0.334. The molecule has 6 nitrogen and oxygen atoms in total. The number of urea groups is 1. The number of hydrogen-bond acceptors (Lipinski definition) is 4. The molecule has 4 rings (SSSR count). The highest BCUT2D eigenvalue weighted by molar-refractivity contribution is 7.90. The highest BCUT2D eigenvalue weighted by Crippen LogP contribution is 2.33. The van der Waals surface area contributed by atoms with Gasteiger partial charge in [0.1, 0.15) is 6.04 Å². The van der Waals surface area contributed by atoms with E-state index in [0.717, 1.165) is 16.7 Å². The van der Waals surface area contributed by atoms with Gasteiger partial charge in [0.25, 0.3) is 15.9 Å². The van der Waals surface area contributed by atoms with Crippen molar-refractivity contribution in [2.45, 2.75) is 30.8 Å². The molecule has 2 aliphatic rings. The molecule has 3 amide bonds. The van der Waals surface area contributed by atoms with Crippen molar-refractivity contribution in [2.24, 2.45) is 0 Å². The van der Waals surface area contributed by atoms with Gasteiger partial charge in [0.05, 0.1) is 4.90 Å². The first-order valence-electron chi connectivity index (χ1n) is 7.93. The number of rotatable bonds is 2. The van der Waals surface area contributed by atoms with Crippen LogP contribution in [0.5, 0.6) is 0 Å². The maximum Gasteiger partial charge on any atom is 0.342 e. The number of carbonyl (C=O) groups excluding carboxylic acids is 2. The Balaban J connectivity index is 1.73. The Morgan fingerprint density at radius 3 is 2.28 bits per heavy atom. The zero-order chi connectivity index (χ0) is 17.8. The van der Waals surface area contributed by atoms with Gasteiger partial charge in [-0.3, -0.25) is 4.79 Å². The molecule has 0 N–H and O–H groups in total. The summed E-state index contributed by atoms with van der Waals surface area (Å²) in [6.45, 7) is 2.07. The Bertz CT molecular complexity index is 939. The molecule has 128 valence electrons. The van der Waals surface area contributed by atoms with Crippen LogP contribution in [0.2, 0.25) is 0 Å². The zero-order valence-corrected chi connectivity index (χ0v) is 14.4. The molecule has 2 aliphatic heterocycles. The van der Waals surface area contributed by atoms with E-state index in [4.69, 9.17) is 0 Å². The summed E-state index contributed by atoms with van der Waals surface area (Å²) in [7, 11) is -4.21. The second kappa shape index (κ2) is 5.42. The lowest BCUT2D eigenvalue weighted by atomic mass is 9.95. The summed E-state index contributed by atoms with van der Waals surface area (Å²) in [6, 6.07) is 12.1. The maximum absolute atomic E-state index is 12.8. The number of nitrogens with zero attached hydrogens (tertiary/aromatic N) is 2. The molecule has 0 spiro atoms. The van der Waals surface area contributed by atoms with Crippen molar-refractivity contribution in [2.75, 3.05) is 0 Å². The van der Waals surface area contributed by atoms with Crippen LogP contribution in [0.25, 0.3) is 0 Å². The van der Waals surface area contributed by atoms with Crippen molar-refractivity contribution in [3.05, 3.63) is 65.2 Å². The van der Waals surface area contributed by atoms with Gasteiger partial charge in [-0.1, -0.05) is 42.0 Å². The van der Waals surface area contributed by atoms with Crippen LogP contribution in [0.4, 0.5) is 4.79 Å². The molecular formula is C18H16N2O4S. The summed E-state index contributed by atoms with van der Waals surface area (Å²) in [5.41, 5.74) is 2.81. The number of hydrogen-bond donors (Lipinski definition) is 0. The van der Waals surface area contributed by atoms with Crippen molar-refractivity contribution in [1.82, 2.24) is 9.21 Å². The maximum atomic E-state index is 12.8. The molecule has 1 saturated heterocycles. The minimum Gasteiger partial charge on any atom is -0.307 e. The second-order valence-electron chi connectivity index (χ2n) is 6.32. The quantitative estimate of drug-likeness (QED) is 0.772. The highest BCUT2D eigenvalue weighted by Gasteiger charge is 2.52. The number of amides is 3. The van der Waals surface area contributed by atoms with Crippen molar-refractivity contribution in [1.29, 1.82) is 0 Å². The van der Waals surface area contributed by atoms with Gasteiger partial charge in [0.2, 0.25) is 0 Å². The Morgan fingerprint density at radius 1 is 0.960 bits per heavy atom. The molecule has 0 radical (unpaired) electrons. The van der Waals surface area contributed by atoms with Gasteiger partial charge < -0.3 is 4.90 Å². The van der Waals surface area contributed by atoms with Crippen LogP contribution in [0.15, 0.2) is 53.4 Å². The van der Waals surface area contributed by atoms with Gasteiger partial charge in [0.15, 0.2) is 0 Å². The predicted molar refractivity (Wildman–Crippen MR) is 90.1 cm³/mol. The number of aryl methyl sites for hydroxylation is 1. The van der Waals surface area contributed by atoms with Gasteiger partial charge in [-0.05, 0) is 30.2 Å². The van der Waals surface area contributed by atoms with E-state index in [1.807, 2.05) is 31.2 Å². The lowest BCUT2D eigenvalue weighted by Gasteiger charge is -2.28. The summed E-state index contributed by atoms with van der Waals surface area (Å²) in [5, 5.41) is 0. The summed E-state index contributed by atoms with van der Waals surface area (Å²) < 4.78 is 26.1.